The zero-order valence-electron chi connectivity index (χ0n) is 11.7. The van der Waals surface area contributed by atoms with Crippen molar-refractivity contribution in [2.24, 2.45) is 5.92 Å². The zero-order valence-corrected chi connectivity index (χ0v) is 11.7. The lowest BCUT2D eigenvalue weighted by atomic mass is 10.0. The number of amides is 2. The number of hydrogen-bond donors (Lipinski definition) is 0. The summed E-state index contributed by atoms with van der Waals surface area (Å²) in [5.41, 5.74) is 0.677. The number of carbonyl (C=O) groups excluding carboxylic acids is 2. The molecule has 4 nitrogen and oxygen atoms in total. The minimum atomic E-state index is -0.158. The minimum Gasteiger partial charge on any atom is -0.325 e. The summed E-state index contributed by atoms with van der Waals surface area (Å²) in [6.45, 7) is 4.57. The van der Waals surface area contributed by atoms with E-state index in [4.69, 9.17) is 0 Å². The zero-order chi connectivity index (χ0) is 14.0. The first-order chi connectivity index (χ1) is 9.02. The predicted molar refractivity (Wildman–Crippen MR) is 73.5 cm³/mol. The smallest absolute Gasteiger partial charge is 0.255 e. The Hall–Kier alpha value is -1.84. The lowest BCUT2D eigenvalue weighted by molar-refractivity contribution is -0.141. The Morgan fingerprint density at radius 2 is 1.89 bits per heavy atom. The first-order valence-electron chi connectivity index (χ1n) is 6.64. The molecule has 0 N–H and O–H groups in total. The maximum atomic E-state index is 12.6. The lowest BCUT2D eigenvalue weighted by Crippen LogP contribution is -2.58. The highest BCUT2D eigenvalue weighted by molar-refractivity contribution is 5.95. The maximum absolute atomic E-state index is 12.6. The summed E-state index contributed by atoms with van der Waals surface area (Å²) >= 11 is 0. The first-order valence-corrected chi connectivity index (χ1v) is 6.64. The van der Waals surface area contributed by atoms with Crippen LogP contribution in [-0.4, -0.2) is 41.4 Å². The summed E-state index contributed by atoms with van der Waals surface area (Å²) in [4.78, 5) is 27.9. The van der Waals surface area contributed by atoms with E-state index in [2.05, 4.69) is 0 Å². The molecular formula is C15H20N2O2. The number of rotatable bonds is 2. The van der Waals surface area contributed by atoms with Crippen molar-refractivity contribution >= 4 is 11.8 Å². The molecule has 0 saturated carbocycles. The highest BCUT2D eigenvalue weighted by Crippen LogP contribution is 2.22. The third-order valence-electron chi connectivity index (χ3n) is 3.55. The third kappa shape index (κ3) is 2.62. The van der Waals surface area contributed by atoms with E-state index in [9.17, 15) is 9.59 Å². The van der Waals surface area contributed by atoms with E-state index in [-0.39, 0.29) is 23.9 Å². The van der Waals surface area contributed by atoms with Gasteiger partial charge in [-0.15, -0.1) is 0 Å². The van der Waals surface area contributed by atoms with Crippen molar-refractivity contribution in [3.05, 3.63) is 35.9 Å². The molecule has 102 valence electrons. The van der Waals surface area contributed by atoms with Gasteiger partial charge in [0, 0.05) is 25.6 Å². The highest BCUT2D eigenvalue weighted by atomic mass is 16.2. The first kappa shape index (κ1) is 13.6. The molecule has 0 aliphatic carbocycles. The Morgan fingerprint density at radius 1 is 1.26 bits per heavy atom. The van der Waals surface area contributed by atoms with Crippen LogP contribution in [0.25, 0.3) is 0 Å². The average molecular weight is 260 g/mol. The van der Waals surface area contributed by atoms with Gasteiger partial charge in [-0.1, -0.05) is 32.0 Å². The molecule has 1 fully saturated rings. The maximum Gasteiger partial charge on any atom is 0.255 e. The van der Waals surface area contributed by atoms with Gasteiger partial charge >= 0.3 is 0 Å². The molecule has 0 spiro atoms. The summed E-state index contributed by atoms with van der Waals surface area (Å²) in [6.07, 6.45) is 0.243. The predicted octanol–water partition coefficient (Wildman–Crippen LogP) is 1.97. The van der Waals surface area contributed by atoms with Gasteiger partial charge in [0.15, 0.2) is 0 Å². The van der Waals surface area contributed by atoms with Crippen molar-refractivity contribution in [2.75, 3.05) is 13.6 Å². The van der Waals surface area contributed by atoms with E-state index in [1.54, 1.807) is 16.8 Å². The quantitative estimate of drug-likeness (QED) is 0.815. The van der Waals surface area contributed by atoms with Crippen LogP contribution in [-0.2, 0) is 4.79 Å². The van der Waals surface area contributed by atoms with Gasteiger partial charge in [-0.25, -0.2) is 0 Å². The Bertz CT molecular complexity index is 470. The van der Waals surface area contributed by atoms with Gasteiger partial charge in [0.05, 0.1) is 0 Å². The molecule has 0 aromatic heterocycles. The van der Waals surface area contributed by atoms with Crippen LogP contribution in [0.4, 0.5) is 0 Å². The summed E-state index contributed by atoms with van der Waals surface area (Å²) in [5.74, 6) is 0.316. The average Bonchev–Trinajstić information content (AvgIpc) is 2.41. The Kier molecular flexibility index (Phi) is 3.88. The molecule has 1 saturated heterocycles. The lowest BCUT2D eigenvalue weighted by Gasteiger charge is -2.44. The third-order valence-corrected chi connectivity index (χ3v) is 3.55. The van der Waals surface area contributed by atoms with Crippen molar-refractivity contribution < 1.29 is 9.59 Å². The summed E-state index contributed by atoms with van der Waals surface area (Å²) in [7, 11) is 1.78. The van der Waals surface area contributed by atoms with Crippen LogP contribution in [0.3, 0.4) is 0 Å². The fraction of sp³-hybridized carbons (Fsp3) is 0.467. The number of benzene rings is 1. The van der Waals surface area contributed by atoms with Crippen molar-refractivity contribution in [1.29, 1.82) is 0 Å². The second-order valence-electron chi connectivity index (χ2n) is 5.28. The van der Waals surface area contributed by atoms with Crippen LogP contribution in [0.2, 0.25) is 0 Å². The monoisotopic (exact) mass is 260 g/mol. The largest absolute Gasteiger partial charge is 0.325 e. The molecule has 1 aliphatic rings. The number of nitrogens with zero attached hydrogens (tertiary/aromatic N) is 2. The van der Waals surface area contributed by atoms with Crippen molar-refractivity contribution in [1.82, 2.24) is 9.80 Å². The van der Waals surface area contributed by atoms with Crippen molar-refractivity contribution in [3.63, 3.8) is 0 Å². The highest BCUT2D eigenvalue weighted by Gasteiger charge is 2.36. The van der Waals surface area contributed by atoms with E-state index in [1.165, 1.54) is 0 Å². The van der Waals surface area contributed by atoms with Crippen LogP contribution in [0.5, 0.6) is 0 Å². The molecule has 1 heterocycles. The van der Waals surface area contributed by atoms with Crippen LogP contribution in [0, 0.1) is 5.92 Å². The van der Waals surface area contributed by atoms with Gasteiger partial charge in [-0.3, -0.25) is 9.59 Å². The fourth-order valence-electron chi connectivity index (χ4n) is 2.66. The molecule has 0 unspecified atom stereocenters. The fourth-order valence-corrected chi connectivity index (χ4v) is 2.66. The van der Waals surface area contributed by atoms with E-state index < -0.39 is 0 Å². The number of hydrogen-bond acceptors (Lipinski definition) is 2. The van der Waals surface area contributed by atoms with Gasteiger partial charge in [0.25, 0.3) is 5.91 Å². The van der Waals surface area contributed by atoms with Crippen LogP contribution >= 0.6 is 0 Å². The molecule has 1 atom stereocenters. The molecule has 0 bridgehead atoms. The van der Waals surface area contributed by atoms with E-state index in [0.29, 0.717) is 18.5 Å². The second kappa shape index (κ2) is 5.43. The molecular weight excluding hydrogens is 240 g/mol. The second-order valence-corrected chi connectivity index (χ2v) is 5.28. The molecule has 4 heteroatoms. The Labute approximate surface area is 114 Å². The van der Waals surface area contributed by atoms with Gasteiger partial charge in [0.1, 0.15) is 6.17 Å². The number of carbonyl (C=O) groups is 2. The molecule has 19 heavy (non-hydrogen) atoms. The normalized spacial score (nSPS) is 20.0. The Morgan fingerprint density at radius 3 is 2.47 bits per heavy atom. The molecule has 1 aliphatic heterocycles. The topological polar surface area (TPSA) is 40.6 Å². The summed E-state index contributed by atoms with van der Waals surface area (Å²) in [6, 6.07) is 9.24. The molecule has 0 radical (unpaired) electrons. The van der Waals surface area contributed by atoms with Crippen LogP contribution in [0.1, 0.15) is 30.6 Å². The molecule has 2 amide bonds. The van der Waals surface area contributed by atoms with E-state index in [0.717, 1.165) is 0 Å². The van der Waals surface area contributed by atoms with E-state index >= 15 is 0 Å². The molecule has 1 aromatic carbocycles. The van der Waals surface area contributed by atoms with Gasteiger partial charge in [0.2, 0.25) is 5.91 Å². The summed E-state index contributed by atoms with van der Waals surface area (Å²) < 4.78 is 0. The van der Waals surface area contributed by atoms with Gasteiger partial charge < -0.3 is 9.80 Å². The molecule has 2 rings (SSSR count). The summed E-state index contributed by atoms with van der Waals surface area (Å²) in [5, 5.41) is 0. The van der Waals surface area contributed by atoms with Gasteiger partial charge in [-0.05, 0) is 18.1 Å². The standard InChI is InChI=1S/C15H20N2O2/c1-11(2)14-16(3)13(18)9-10-17(14)15(19)12-7-5-4-6-8-12/h4-8,11,14H,9-10H2,1-3H3/t14-/m0/s1. The van der Waals surface area contributed by atoms with Crippen molar-refractivity contribution in [2.45, 2.75) is 26.4 Å². The Balaban J connectivity index is 2.27. The molecule has 1 aromatic rings. The van der Waals surface area contributed by atoms with Crippen molar-refractivity contribution in [3.8, 4) is 0 Å². The van der Waals surface area contributed by atoms with E-state index in [1.807, 2.05) is 44.2 Å². The van der Waals surface area contributed by atoms with Gasteiger partial charge in [-0.2, -0.15) is 0 Å². The SMILES string of the molecule is CC(C)[C@H]1N(C)C(=O)CCN1C(=O)c1ccccc1. The minimum absolute atomic E-state index is 0.00125. The van der Waals surface area contributed by atoms with Crippen LogP contribution in [0.15, 0.2) is 30.3 Å². The van der Waals surface area contributed by atoms with Crippen LogP contribution < -0.4 is 0 Å².